The zero-order chi connectivity index (χ0) is 18.8. The van der Waals surface area contributed by atoms with E-state index < -0.39 is 18.1 Å². The molecule has 2 aromatic carbocycles. The molecule has 0 aliphatic heterocycles. The summed E-state index contributed by atoms with van der Waals surface area (Å²) >= 11 is 0. The van der Waals surface area contributed by atoms with Crippen molar-refractivity contribution in [1.82, 2.24) is 5.32 Å². The first kappa shape index (κ1) is 19.3. The maximum Gasteiger partial charge on any atom is 0.408 e. The third kappa shape index (κ3) is 6.12. The van der Waals surface area contributed by atoms with Gasteiger partial charge in [-0.15, -0.1) is 0 Å². The highest BCUT2D eigenvalue weighted by atomic mass is 16.6. The van der Waals surface area contributed by atoms with Crippen LogP contribution in [0.25, 0.3) is 0 Å². The Balaban J connectivity index is 1.87. The van der Waals surface area contributed by atoms with E-state index in [1.165, 1.54) is 7.11 Å². The van der Waals surface area contributed by atoms with Gasteiger partial charge >= 0.3 is 12.1 Å². The predicted octanol–water partition coefficient (Wildman–Crippen LogP) is 3.10. The minimum atomic E-state index is -0.773. The summed E-state index contributed by atoms with van der Waals surface area (Å²) in [5, 5.41) is 2.57. The quantitative estimate of drug-likeness (QED) is 0.735. The van der Waals surface area contributed by atoms with Crippen LogP contribution >= 0.6 is 0 Å². The van der Waals surface area contributed by atoms with E-state index in [0.717, 1.165) is 16.9 Å². The van der Waals surface area contributed by atoms with Gasteiger partial charge in [-0.1, -0.05) is 42.5 Å². The molecular formula is C20H23NO5. The van der Waals surface area contributed by atoms with Crippen LogP contribution in [0.1, 0.15) is 17.5 Å². The second-order valence-electron chi connectivity index (χ2n) is 5.67. The molecule has 0 radical (unpaired) electrons. The lowest BCUT2D eigenvalue weighted by molar-refractivity contribution is -0.143. The van der Waals surface area contributed by atoms with Gasteiger partial charge in [0.1, 0.15) is 18.4 Å². The van der Waals surface area contributed by atoms with Crippen LogP contribution in [0.4, 0.5) is 4.79 Å². The molecule has 1 N–H and O–H groups in total. The summed E-state index contributed by atoms with van der Waals surface area (Å²) in [5.41, 5.74) is 1.90. The number of hydrogen-bond acceptors (Lipinski definition) is 5. The number of benzene rings is 2. The molecule has 0 aliphatic rings. The number of ether oxygens (including phenoxy) is 3. The average molecular weight is 357 g/mol. The van der Waals surface area contributed by atoms with Gasteiger partial charge in [-0.25, -0.2) is 9.59 Å². The molecule has 0 bridgehead atoms. The fourth-order valence-electron chi connectivity index (χ4n) is 2.40. The maximum atomic E-state index is 12.0. The van der Waals surface area contributed by atoms with Crippen molar-refractivity contribution in [2.75, 3.05) is 14.2 Å². The Kier molecular flexibility index (Phi) is 7.49. The van der Waals surface area contributed by atoms with Crippen molar-refractivity contribution in [1.29, 1.82) is 0 Å². The molecule has 0 aliphatic carbocycles. The van der Waals surface area contributed by atoms with Gasteiger partial charge in [0.2, 0.25) is 0 Å². The summed E-state index contributed by atoms with van der Waals surface area (Å²) in [6, 6.07) is 16.1. The molecule has 0 heterocycles. The van der Waals surface area contributed by atoms with Crippen LogP contribution < -0.4 is 10.1 Å². The second kappa shape index (κ2) is 10.1. The van der Waals surface area contributed by atoms with Crippen molar-refractivity contribution in [3.63, 3.8) is 0 Å². The Hall–Kier alpha value is -3.02. The van der Waals surface area contributed by atoms with E-state index in [2.05, 4.69) is 5.32 Å². The first-order valence-electron chi connectivity index (χ1n) is 8.30. The van der Waals surface area contributed by atoms with Gasteiger partial charge in [0.15, 0.2) is 0 Å². The summed E-state index contributed by atoms with van der Waals surface area (Å²) < 4.78 is 15.1. The molecule has 0 fully saturated rings. The first-order chi connectivity index (χ1) is 12.6. The monoisotopic (exact) mass is 357 g/mol. The molecular weight excluding hydrogens is 334 g/mol. The third-order valence-corrected chi connectivity index (χ3v) is 3.87. The first-order valence-corrected chi connectivity index (χ1v) is 8.30. The van der Waals surface area contributed by atoms with E-state index >= 15 is 0 Å². The number of aryl methyl sites for hydroxylation is 1. The van der Waals surface area contributed by atoms with E-state index in [0.29, 0.717) is 12.8 Å². The third-order valence-electron chi connectivity index (χ3n) is 3.87. The van der Waals surface area contributed by atoms with E-state index in [1.54, 1.807) is 7.11 Å². The zero-order valence-electron chi connectivity index (χ0n) is 14.9. The molecule has 1 amide bonds. The summed E-state index contributed by atoms with van der Waals surface area (Å²) in [6.07, 6.45) is 0.348. The Morgan fingerprint density at radius 2 is 1.65 bits per heavy atom. The molecule has 0 aromatic heterocycles. The largest absolute Gasteiger partial charge is 0.497 e. The lowest BCUT2D eigenvalue weighted by atomic mass is 10.1. The molecule has 138 valence electrons. The number of methoxy groups -OCH3 is 2. The van der Waals surface area contributed by atoms with Gasteiger partial charge in [-0.05, 0) is 36.1 Å². The molecule has 6 heteroatoms. The Morgan fingerprint density at radius 3 is 2.27 bits per heavy atom. The number of nitrogens with one attached hydrogen (secondary N) is 1. The van der Waals surface area contributed by atoms with Crippen LogP contribution in [-0.2, 0) is 27.3 Å². The SMILES string of the molecule is COC(=O)[C@H](CCc1ccc(OC)cc1)NC(=O)OCc1ccccc1. The minimum Gasteiger partial charge on any atom is -0.497 e. The predicted molar refractivity (Wildman–Crippen MR) is 96.9 cm³/mol. The number of carbonyl (C=O) groups is 2. The summed E-state index contributed by atoms with van der Waals surface area (Å²) in [6.45, 7) is 0.138. The molecule has 1 atom stereocenters. The van der Waals surface area contributed by atoms with Crippen molar-refractivity contribution in [2.24, 2.45) is 0 Å². The van der Waals surface area contributed by atoms with Gasteiger partial charge in [0.05, 0.1) is 14.2 Å². The van der Waals surface area contributed by atoms with Gasteiger partial charge < -0.3 is 19.5 Å². The van der Waals surface area contributed by atoms with Crippen LogP contribution in [0, 0.1) is 0 Å². The topological polar surface area (TPSA) is 73.9 Å². The van der Waals surface area contributed by atoms with Gasteiger partial charge in [-0.3, -0.25) is 0 Å². The van der Waals surface area contributed by atoms with E-state index in [4.69, 9.17) is 14.2 Å². The van der Waals surface area contributed by atoms with E-state index in [-0.39, 0.29) is 6.61 Å². The highest BCUT2D eigenvalue weighted by molar-refractivity contribution is 5.81. The molecule has 0 saturated heterocycles. The summed E-state index contributed by atoms with van der Waals surface area (Å²) in [4.78, 5) is 23.9. The summed E-state index contributed by atoms with van der Waals surface area (Å²) in [5.74, 6) is 0.260. The summed E-state index contributed by atoms with van der Waals surface area (Å²) in [7, 11) is 2.90. The van der Waals surface area contributed by atoms with Crippen LogP contribution in [0.3, 0.4) is 0 Å². The molecule has 2 rings (SSSR count). The van der Waals surface area contributed by atoms with Crippen LogP contribution in [0.2, 0.25) is 0 Å². The molecule has 6 nitrogen and oxygen atoms in total. The van der Waals surface area contributed by atoms with E-state index in [1.807, 2.05) is 54.6 Å². The Bertz CT molecular complexity index is 700. The molecule has 2 aromatic rings. The van der Waals surface area contributed by atoms with Crippen molar-refractivity contribution in [3.05, 3.63) is 65.7 Å². The minimum absolute atomic E-state index is 0.138. The Labute approximate surface area is 153 Å². The zero-order valence-corrected chi connectivity index (χ0v) is 14.9. The number of esters is 1. The number of rotatable bonds is 8. The van der Waals surface area contributed by atoms with Gasteiger partial charge in [0.25, 0.3) is 0 Å². The highest BCUT2D eigenvalue weighted by Crippen LogP contribution is 2.13. The van der Waals surface area contributed by atoms with Crippen LogP contribution in [-0.4, -0.2) is 32.3 Å². The molecule has 0 saturated carbocycles. The van der Waals surface area contributed by atoms with Crippen molar-refractivity contribution < 1.29 is 23.8 Å². The lowest BCUT2D eigenvalue weighted by Gasteiger charge is -2.16. The Morgan fingerprint density at radius 1 is 0.962 bits per heavy atom. The molecule has 26 heavy (non-hydrogen) atoms. The lowest BCUT2D eigenvalue weighted by Crippen LogP contribution is -2.42. The van der Waals surface area contributed by atoms with Gasteiger partial charge in [-0.2, -0.15) is 0 Å². The number of amides is 1. The normalized spacial score (nSPS) is 11.3. The maximum absolute atomic E-state index is 12.0. The van der Waals surface area contributed by atoms with Crippen molar-refractivity contribution >= 4 is 12.1 Å². The standard InChI is InChI=1S/C20H23NO5/c1-24-17-11-8-15(9-12-17)10-13-18(19(22)25-2)21-20(23)26-14-16-6-4-3-5-7-16/h3-9,11-12,18H,10,13-14H2,1-2H3,(H,21,23)/t18-/m0/s1. The highest BCUT2D eigenvalue weighted by Gasteiger charge is 2.22. The van der Waals surface area contributed by atoms with Crippen LogP contribution in [0.15, 0.2) is 54.6 Å². The number of hydrogen-bond donors (Lipinski definition) is 1. The fourth-order valence-corrected chi connectivity index (χ4v) is 2.40. The second-order valence-corrected chi connectivity index (χ2v) is 5.67. The smallest absolute Gasteiger partial charge is 0.408 e. The van der Waals surface area contributed by atoms with Crippen LogP contribution in [0.5, 0.6) is 5.75 Å². The van der Waals surface area contributed by atoms with Crippen molar-refractivity contribution in [3.8, 4) is 5.75 Å². The van der Waals surface area contributed by atoms with E-state index in [9.17, 15) is 9.59 Å². The fraction of sp³-hybridized carbons (Fsp3) is 0.300. The number of carbonyl (C=O) groups excluding carboxylic acids is 2. The number of alkyl carbamates (subject to hydrolysis) is 1. The van der Waals surface area contributed by atoms with Gasteiger partial charge in [0, 0.05) is 0 Å². The molecule has 0 spiro atoms. The molecule has 0 unspecified atom stereocenters. The van der Waals surface area contributed by atoms with Crippen molar-refractivity contribution in [2.45, 2.75) is 25.5 Å². The average Bonchev–Trinajstić information content (AvgIpc) is 2.70.